The Morgan fingerprint density at radius 3 is 2.52 bits per heavy atom. The van der Waals surface area contributed by atoms with Gasteiger partial charge in [0.25, 0.3) is 0 Å². The summed E-state index contributed by atoms with van der Waals surface area (Å²) in [6, 6.07) is 17.9. The lowest BCUT2D eigenvalue weighted by atomic mass is 9.89. The van der Waals surface area contributed by atoms with E-state index in [0.29, 0.717) is 0 Å². The molecule has 1 heterocycles. The molecule has 0 saturated carbocycles. The van der Waals surface area contributed by atoms with E-state index in [1.807, 2.05) is 36.1 Å². The molecular weight excluding hydrogens is 389 g/mol. The van der Waals surface area contributed by atoms with Crippen LogP contribution in [-0.4, -0.2) is 19.3 Å². The van der Waals surface area contributed by atoms with Crippen molar-refractivity contribution < 1.29 is 17.9 Å². The Hall–Kier alpha value is -3.12. The highest BCUT2D eigenvalue weighted by molar-refractivity contribution is 7.91. The van der Waals surface area contributed by atoms with Gasteiger partial charge in [-0.2, -0.15) is 0 Å². The lowest BCUT2D eigenvalue weighted by Gasteiger charge is -2.36. The Labute approximate surface area is 169 Å². The Kier molecular flexibility index (Phi) is 4.88. The van der Waals surface area contributed by atoms with Crippen LogP contribution in [-0.2, 0) is 9.84 Å². The molecule has 0 spiro atoms. The van der Waals surface area contributed by atoms with Gasteiger partial charge in [0, 0.05) is 17.5 Å². The quantitative estimate of drug-likeness (QED) is 0.654. The summed E-state index contributed by atoms with van der Waals surface area (Å²) in [4.78, 5) is 2.11. The van der Waals surface area contributed by atoms with Crippen LogP contribution >= 0.6 is 0 Å². The van der Waals surface area contributed by atoms with Gasteiger partial charge in [0.2, 0.25) is 0 Å². The molecule has 0 aliphatic carbocycles. The van der Waals surface area contributed by atoms with Crippen LogP contribution in [0.2, 0.25) is 0 Å². The number of anilines is 1. The summed E-state index contributed by atoms with van der Waals surface area (Å²) < 4.78 is 39.0. The monoisotopic (exact) mass is 409 g/mol. The molecular formula is C23H20FNO3S. The third-order valence-electron chi connectivity index (χ3n) is 5.13. The fourth-order valence-electron chi connectivity index (χ4n) is 3.65. The summed E-state index contributed by atoms with van der Waals surface area (Å²) in [6.07, 6.45) is 3.34. The van der Waals surface area contributed by atoms with E-state index in [9.17, 15) is 17.9 Å². The number of halogens is 1. The summed E-state index contributed by atoms with van der Waals surface area (Å²) >= 11 is 0. The van der Waals surface area contributed by atoms with Gasteiger partial charge in [0.05, 0.1) is 16.7 Å². The highest BCUT2D eigenvalue weighted by Gasteiger charge is 2.27. The molecule has 3 aromatic carbocycles. The van der Waals surface area contributed by atoms with Crippen LogP contribution in [0.3, 0.4) is 0 Å². The standard InChI is InChI=1S/C23H20FNO3S/c1-16-22-15-17(24)7-12-20(22)21-5-2-3-6-23(21)25(16)13-4-14-29(27,28)19-10-8-18(26)9-11-19/h2-13,15-16,26H,14H2,1H3. The fourth-order valence-corrected chi connectivity index (χ4v) is 4.73. The second-order valence-electron chi connectivity index (χ2n) is 6.99. The zero-order valence-corrected chi connectivity index (χ0v) is 16.6. The van der Waals surface area contributed by atoms with Crippen molar-refractivity contribution in [3.05, 3.63) is 90.4 Å². The Bertz CT molecular complexity index is 1190. The Morgan fingerprint density at radius 1 is 1.03 bits per heavy atom. The second-order valence-corrected chi connectivity index (χ2v) is 9.03. The van der Waals surface area contributed by atoms with Gasteiger partial charge in [-0.1, -0.05) is 30.3 Å². The van der Waals surface area contributed by atoms with Gasteiger partial charge in [-0.15, -0.1) is 0 Å². The van der Waals surface area contributed by atoms with E-state index in [1.165, 1.54) is 36.4 Å². The van der Waals surface area contributed by atoms with Crippen LogP contribution in [0.4, 0.5) is 10.1 Å². The Morgan fingerprint density at radius 2 is 1.76 bits per heavy atom. The lowest BCUT2D eigenvalue weighted by Crippen LogP contribution is -2.25. The van der Waals surface area contributed by atoms with Crippen LogP contribution in [0.25, 0.3) is 11.1 Å². The van der Waals surface area contributed by atoms with E-state index in [1.54, 1.807) is 18.3 Å². The van der Waals surface area contributed by atoms with Crippen molar-refractivity contribution >= 4 is 15.5 Å². The molecule has 4 nitrogen and oxygen atoms in total. The fraction of sp³-hybridized carbons (Fsp3) is 0.130. The van der Waals surface area contributed by atoms with Gasteiger partial charge in [-0.3, -0.25) is 0 Å². The van der Waals surface area contributed by atoms with Crippen LogP contribution in [0.5, 0.6) is 5.75 Å². The number of hydrogen-bond acceptors (Lipinski definition) is 4. The number of fused-ring (bicyclic) bond motifs is 3. The predicted octanol–water partition coefficient (Wildman–Crippen LogP) is 5.07. The maximum Gasteiger partial charge on any atom is 0.181 e. The predicted molar refractivity (Wildman–Crippen MR) is 112 cm³/mol. The third-order valence-corrected chi connectivity index (χ3v) is 6.75. The number of para-hydroxylation sites is 1. The number of rotatable bonds is 4. The number of aromatic hydroxyl groups is 1. The summed E-state index contributed by atoms with van der Waals surface area (Å²) in [5, 5.41) is 9.35. The SMILES string of the molecule is CC1c2cc(F)ccc2-c2ccccc2N1C=CCS(=O)(=O)c1ccc(O)cc1. The van der Waals surface area contributed by atoms with Crippen LogP contribution in [0.1, 0.15) is 18.5 Å². The molecule has 0 bridgehead atoms. The number of benzene rings is 3. The minimum atomic E-state index is -3.52. The first-order chi connectivity index (χ1) is 13.9. The first-order valence-electron chi connectivity index (χ1n) is 9.22. The molecule has 3 aromatic rings. The van der Waals surface area contributed by atoms with Crippen LogP contribution in [0.15, 0.2) is 83.9 Å². The third kappa shape index (κ3) is 3.63. The van der Waals surface area contributed by atoms with Crippen LogP contribution < -0.4 is 4.90 Å². The summed E-state index contributed by atoms with van der Waals surface area (Å²) in [6.45, 7) is 1.97. The smallest absolute Gasteiger partial charge is 0.181 e. The van der Waals surface area contributed by atoms with Gasteiger partial charge in [0.15, 0.2) is 9.84 Å². The molecule has 148 valence electrons. The number of sulfone groups is 1. The van der Waals surface area contributed by atoms with E-state index in [2.05, 4.69) is 0 Å². The van der Waals surface area contributed by atoms with Crippen molar-refractivity contribution in [3.8, 4) is 16.9 Å². The maximum atomic E-state index is 13.9. The molecule has 1 aliphatic rings. The molecule has 0 radical (unpaired) electrons. The first kappa shape index (κ1) is 19.2. The van der Waals surface area contributed by atoms with Crippen molar-refractivity contribution in [3.63, 3.8) is 0 Å². The molecule has 0 saturated heterocycles. The van der Waals surface area contributed by atoms with E-state index < -0.39 is 9.84 Å². The number of hydrogen-bond donors (Lipinski definition) is 1. The molecule has 0 aromatic heterocycles. The topological polar surface area (TPSA) is 57.6 Å². The molecule has 1 atom stereocenters. The van der Waals surface area contributed by atoms with Gasteiger partial charge < -0.3 is 10.0 Å². The summed E-state index contributed by atoms with van der Waals surface area (Å²) in [7, 11) is -3.52. The van der Waals surface area contributed by atoms with E-state index in [0.717, 1.165) is 22.4 Å². The average molecular weight is 409 g/mol. The average Bonchev–Trinajstić information content (AvgIpc) is 2.71. The van der Waals surface area contributed by atoms with Gasteiger partial charge in [0.1, 0.15) is 11.6 Å². The van der Waals surface area contributed by atoms with Crippen molar-refractivity contribution in [2.24, 2.45) is 0 Å². The van der Waals surface area contributed by atoms with Gasteiger partial charge >= 0.3 is 0 Å². The van der Waals surface area contributed by atoms with Crippen molar-refractivity contribution in [2.45, 2.75) is 17.9 Å². The van der Waals surface area contributed by atoms with Gasteiger partial charge in [-0.05, 0) is 60.5 Å². The van der Waals surface area contributed by atoms with E-state index in [-0.39, 0.29) is 28.3 Å². The molecule has 4 rings (SSSR count). The second kappa shape index (κ2) is 7.37. The molecule has 29 heavy (non-hydrogen) atoms. The normalized spacial score (nSPS) is 15.9. The Balaban J connectivity index is 1.66. The summed E-state index contributed by atoms with van der Waals surface area (Å²) in [5.74, 6) is -0.461. The first-order valence-corrected chi connectivity index (χ1v) is 10.9. The highest BCUT2D eigenvalue weighted by Crippen LogP contribution is 2.44. The minimum Gasteiger partial charge on any atom is -0.508 e. The molecule has 0 fully saturated rings. The number of phenolic OH excluding ortho intramolecular Hbond substituents is 1. The van der Waals surface area contributed by atoms with Crippen molar-refractivity contribution in [1.29, 1.82) is 0 Å². The van der Waals surface area contributed by atoms with Crippen molar-refractivity contribution in [2.75, 3.05) is 10.7 Å². The zero-order chi connectivity index (χ0) is 20.6. The number of phenols is 1. The van der Waals surface area contributed by atoms with Gasteiger partial charge in [-0.25, -0.2) is 12.8 Å². The highest BCUT2D eigenvalue weighted by atomic mass is 32.2. The molecule has 0 amide bonds. The van der Waals surface area contributed by atoms with E-state index >= 15 is 0 Å². The maximum absolute atomic E-state index is 13.9. The zero-order valence-electron chi connectivity index (χ0n) is 15.8. The van der Waals surface area contributed by atoms with Crippen molar-refractivity contribution in [1.82, 2.24) is 0 Å². The van der Waals surface area contributed by atoms with Crippen LogP contribution in [0, 0.1) is 5.82 Å². The number of nitrogens with zero attached hydrogens (tertiary/aromatic N) is 1. The molecule has 1 unspecified atom stereocenters. The molecule has 1 aliphatic heterocycles. The molecule has 6 heteroatoms. The summed E-state index contributed by atoms with van der Waals surface area (Å²) in [5.41, 5.74) is 3.76. The molecule has 1 N–H and O–H groups in total. The minimum absolute atomic E-state index is 0.0177. The van der Waals surface area contributed by atoms with E-state index in [4.69, 9.17) is 0 Å². The largest absolute Gasteiger partial charge is 0.508 e. The lowest BCUT2D eigenvalue weighted by molar-refractivity contribution is 0.475.